The molecule has 3 nitrogen and oxygen atoms in total. The molecule has 1 aliphatic rings. The Morgan fingerprint density at radius 2 is 1.83 bits per heavy atom. The molecule has 1 saturated heterocycles. The highest BCUT2D eigenvalue weighted by atomic mass is 16.1. The number of hydrogen-bond donors (Lipinski definition) is 1. The molecule has 0 aliphatic carbocycles. The number of nitrogens with zero attached hydrogens (tertiary/aromatic N) is 1. The minimum absolute atomic E-state index is 0.235. The van der Waals surface area contributed by atoms with Crippen LogP contribution in [-0.4, -0.2) is 23.9 Å². The van der Waals surface area contributed by atoms with E-state index < -0.39 is 0 Å². The van der Waals surface area contributed by atoms with Crippen LogP contribution >= 0.6 is 0 Å². The lowest BCUT2D eigenvalue weighted by Crippen LogP contribution is -2.40. The molecule has 1 atom stereocenters. The minimum Gasteiger partial charge on any atom is -0.368 e. The highest BCUT2D eigenvalue weighted by Gasteiger charge is 2.26. The van der Waals surface area contributed by atoms with Crippen LogP contribution in [0.4, 0.5) is 0 Å². The minimum atomic E-state index is -0.254. The first-order valence-corrected chi connectivity index (χ1v) is 6.84. The van der Waals surface area contributed by atoms with Crippen molar-refractivity contribution in [3.63, 3.8) is 0 Å². The number of carbonyl (C=O) groups is 1. The quantitative estimate of drug-likeness (QED) is 0.885. The maximum absolute atomic E-state index is 11.7. The van der Waals surface area contributed by atoms with Crippen LogP contribution in [0.15, 0.2) is 24.3 Å². The van der Waals surface area contributed by atoms with E-state index in [-0.39, 0.29) is 11.9 Å². The molecule has 1 unspecified atom stereocenters. The lowest BCUT2D eigenvalue weighted by Gasteiger charge is -2.32. The summed E-state index contributed by atoms with van der Waals surface area (Å²) in [6.45, 7) is 4.08. The van der Waals surface area contributed by atoms with E-state index in [2.05, 4.69) is 24.0 Å². The molecule has 2 N–H and O–H groups in total. The van der Waals surface area contributed by atoms with E-state index in [9.17, 15) is 4.79 Å². The van der Waals surface area contributed by atoms with Gasteiger partial charge in [0.1, 0.15) is 6.04 Å². The van der Waals surface area contributed by atoms with E-state index in [0.717, 1.165) is 37.9 Å². The fourth-order valence-electron chi connectivity index (χ4n) is 2.67. The summed E-state index contributed by atoms with van der Waals surface area (Å²) < 4.78 is 0. The van der Waals surface area contributed by atoms with Gasteiger partial charge >= 0.3 is 0 Å². The summed E-state index contributed by atoms with van der Waals surface area (Å²) in [6.07, 6.45) is 4.61. The zero-order valence-electron chi connectivity index (χ0n) is 11.1. The Hall–Kier alpha value is -1.35. The molecule has 1 aromatic carbocycles. The first-order valence-electron chi connectivity index (χ1n) is 6.84. The number of piperidine rings is 1. The summed E-state index contributed by atoms with van der Waals surface area (Å²) >= 11 is 0. The molecule has 1 aliphatic heterocycles. The van der Waals surface area contributed by atoms with Gasteiger partial charge in [0.05, 0.1) is 0 Å². The molecule has 1 aromatic rings. The van der Waals surface area contributed by atoms with E-state index >= 15 is 0 Å². The Balaban J connectivity index is 2.20. The number of primary amides is 1. The van der Waals surface area contributed by atoms with Crippen LogP contribution < -0.4 is 5.73 Å². The molecular weight excluding hydrogens is 224 g/mol. The summed E-state index contributed by atoms with van der Waals surface area (Å²) in [5, 5.41) is 0. The number of amides is 1. The van der Waals surface area contributed by atoms with Gasteiger partial charge in [0.2, 0.25) is 5.91 Å². The summed E-state index contributed by atoms with van der Waals surface area (Å²) in [5.74, 6) is -0.235. The van der Waals surface area contributed by atoms with Gasteiger partial charge in [-0.15, -0.1) is 0 Å². The molecule has 1 fully saturated rings. The molecule has 0 spiro atoms. The molecule has 18 heavy (non-hydrogen) atoms. The molecule has 0 radical (unpaired) electrons. The molecule has 2 rings (SSSR count). The van der Waals surface area contributed by atoms with Crippen molar-refractivity contribution in [1.29, 1.82) is 0 Å². The van der Waals surface area contributed by atoms with Gasteiger partial charge in [-0.3, -0.25) is 9.69 Å². The molecule has 98 valence electrons. The maximum Gasteiger partial charge on any atom is 0.239 e. The number of nitrogens with two attached hydrogens (primary N) is 1. The fourth-order valence-corrected chi connectivity index (χ4v) is 2.67. The van der Waals surface area contributed by atoms with Gasteiger partial charge in [0.15, 0.2) is 0 Å². The highest BCUT2D eigenvalue weighted by molar-refractivity contribution is 5.81. The number of carbonyl (C=O) groups excluding carboxylic acids is 1. The van der Waals surface area contributed by atoms with Gasteiger partial charge in [0, 0.05) is 0 Å². The Labute approximate surface area is 109 Å². The Bertz CT molecular complexity index is 393. The van der Waals surface area contributed by atoms with E-state index in [1.165, 1.54) is 12.0 Å². The smallest absolute Gasteiger partial charge is 0.239 e. The Morgan fingerprint density at radius 3 is 2.33 bits per heavy atom. The molecular formula is C15H22N2O. The SMILES string of the molecule is CCc1ccc(C(C(N)=O)N2CCCCC2)cc1. The second-order valence-electron chi connectivity index (χ2n) is 5.00. The van der Waals surface area contributed by atoms with E-state index in [1.54, 1.807) is 0 Å². The van der Waals surface area contributed by atoms with E-state index in [4.69, 9.17) is 5.73 Å². The van der Waals surface area contributed by atoms with Crippen LogP contribution in [0.5, 0.6) is 0 Å². The highest BCUT2D eigenvalue weighted by Crippen LogP contribution is 2.24. The van der Waals surface area contributed by atoms with E-state index in [1.807, 2.05) is 12.1 Å². The van der Waals surface area contributed by atoms with E-state index in [0.29, 0.717) is 0 Å². The topological polar surface area (TPSA) is 46.3 Å². The first kappa shape index (κ1) is 13.1. The molecule has 0 bridgehead atoms. The van der Waals surface area contributed by atoms with Crippen molar-refractivity contribution in [3.05, 3.63) is 35.4 Å². The monoisotopic (exact) mass is 246 g/mol. The molecule has 1 amide bonds. The van der Waals surface area contributed by atoms with Crippen molar-refractivity contribution in [2.24, 2.45) is 5.73 Å². The van der Waals surface area contributed by atoms with Crippen LogP contribution in [0.2, 0.25) is 0 Å². The van der Waals surface area contributed by atoms with Crippen molar-refractivity contribution in [3.8, 4) is 0 Å². The number of rotatable bonds is 4. The standard InChI is InChI=1S/C15H22N2O/c1-2-12-6-8-13(9-7-12)14(15(16)18)17-10-4-3-5-11-17/h6-9,14H,2-5,10-11H2,1H3,(H2,16,18). The first-order chi connectivity index (χ1) is 8.72. The molecule has 0 aromatic heterocycles. The lowest BCUT2D eigenvalue weighted by atomic mass is 9.99. The van der Waals surface area contributed by atoms with Crippen molar-refractivity contribution in [1.82, 2.24) is 4.90 Å². The number of hydrogen-bond acceptors (Lipinski definition) is 2. The van der Waals surface area contributed by atoms with Gasteiger partial charge in [-0.05, 0) is 43.5 Å². The normalized spacial score (nSPS) is 18.5. The average Bonchev–Trinajstić information content (AvgIpc) is 2.40. The Kier molecular flexibility index (Phi) is 4.37. The third-order valence-electron chi connectivity index (χ3n) is 3.73. The van der Waals surface area contributed by atoms with Crippen LogP contribution in [0.1, 0.15) is 43.4 Å². The molecule has 1 heterocycles. The van der Waals surface area contributed by atoms with Crippen LogP contribution in [0, 0.1) is 0 Å². The zero-order chi connectivity index (χ0) is 13.0. The summed E-state index contributed by atoms with van der Waals surface area (Å²) in [5.41, 5.74) is 7.91. The van der Waals surface area contributed by atoms with Crippen molar-refractivity contribution in [2.45, 2.75) is 38.6 Å². The van der Waals surface area contributed by atoms with Crippen LogP contribution in [-0.2, 0) is 11.2 Å². The van der Waals surface area contributed by atoms with Crippen LogP contribution in [0.3, 0.4) is 0 Å². The third kappa shape index (κ3) is 2.91. The second-order valence-corrected chi connectivity index (χ2v) is 5.00. The number of likely N-dealkylation sites (tertiary alicyclic amines) is 1. The largest absolute Gasteiger partial charge is 0.368 e. The molecule has 0 saturated carbocycles. The zero-order valence-corrected chi connectivity index (χ0v) is 11.1. The molecule has 3 heteroatoms. The average molecular weight is 246 g/mol. The lowest BCUT2D eigenvalue weighted by molar-refractivity contribution is -0.123. The third-order valence-corrected chi connectivity index (χ3v) is 3.73. The second kappa shape index (κ2) is 6.01. The van der Waals surface area contributed by atoms with Gasteiger partial charge in [0.25, 0.3) is 0 Å². The van der Waals surface area contributed by atoms with Gasteiger partial charge < -0.3 is 5.73 Å². The summed E-state index contributed by atoms with van der Waals surface area (Å²) in [4.78, 5) is 13.9. The predicted molar refractivity (Wildman–Crippen MR) is 73.2 cm³/mol. The summed E-state index contributed by atoms with van der Waals surface area (Å²) in [7, 11) is 0. The van der Waals surface area contributed by atoms with Crippen LogP contribution in [0.25, 0.3) is 0 Å². The van der Waals surface area contributed by atoms with Crippen molar-refractivity contribution >= 4 is 5.91 Å². The predicted octanol–water partition coefficient (Wildman–Crippen LogP) is 2.26. The van der Waals surface area contributed by atoms with Gasteiger partial charge in [-0.25, -0.2) is 0 Å². The Morgan fingerprint density at radius 1 is 1.22 bits per heavy atom. The summed E-state index contributed by atoms with van der Waals surface area (Å²) in [6, 6.07) is 8.02. The fraction of sp³-hybridized carbons (Fsp3) is 0.533. The van der Waals surface area contributed by atoms with Gasteiger partial charge in [-0.1, -0.05) is 37.6 Å². The van der Waals surface area contributed by atoms with Crippen molar-refractivity contribution < 1.29 is 4.79 Å². The number of aryl methyl sites for hydroxylation is 1. The number of benzene rings is 1. The van der Waals surface area contributed by atoms with Crippen molar-refractivity contribution in [2.75, 3.05) is 13.1 Å². The van der Waals surface area contributed by atoms with Gasteiger partial charge in [-0.2, -0.15) is 0 Å². The maximum atomic E-state index is 11.7.